The Morgan fingerprint density at radius 3 is 2.93 bits per heavy atom. The first kappa shape index (κ1) is 19.6. The maximum atomic E-state index is 11.9. The summed E-state index contributed by atoms with van der Waals surface area (Å²) in [5, 5.41) is 13.7. The van der Waals surface area contributed by atoms with E-state index in [2.05, 4.69) is 27.6 Å². The molecule has 8 heteroatoms. The summed E-state index contributed by atoms with van der Waals surface area (Å²) in [5.41, 5.74) is 2.07. The van der Waals surface area contributed by atoms with Gasteiger partial charge < -0.3 is 14.6 Å². The van der Waals surface area contributed by atoms with Crippen LogP contribution in [-0.4, -0.2) is 59.9 Å². The lowest BCUT2D eigenvalue weighted by Gasteiger charge is -2.19. The average molecular weight is 396 g/mol. The summed E-state index contributed by atoms with van der Waals surface area (Å²) in [6.07, 6.45) is 6.39. The fraction of sp³-hybridized carbons (Fsp3) is 0.524. The largest absolute Gasteiger partial charge is 0.387 e. The van der Waals surface area contributed by atoms with Crippen LogP contribution in [0.1, 0.15) is 50.8 Å². The van der Waals surface area contributed by atoms with Crippen molar-refractivity contribution in [1.29, 1.82) is 0 Å². The van der Waals surface area contributed by atoms with Gasteiger partial charge in [0.1, 0.15) is 18.8 Å². The maximum absolute atomic E-state index is 11.9. The molecule has 3 heterocycles. The van der Waals surface area contributed by atoms with E-state index in [0.717, 1.165) is 61.5 Å². The molecule has 29 heavy (non-hydrogen) atoms. The van der Waals surface area contributed by atoms with Gasteiger partial charge in [0.25, 0.3) is 0 Å². The number of aromatic nitrogens is 5. The van der Waals surface area contributed by atoms with Gasteiger partial charge in [0.2, 0.25) is 11.9 Å². The fourth-order valence-corrected chi connectivity index (χ4v) is 4.15. The molecule has 1 atom stereocenters. The van der Waals surface area contributed by atoms with Crippen molar-refractivity contribution in [1.82, 2.24) is 29.2 Å². The number of para-hydroxylation sites is 2. The molecule has 1 aliphatic rings. The summed E-state index contributed by atoms with van der Waals surface area (Å²) >= 11 is 0. The Hall–Kier alpha value is -2.74. The van der Waals surface area contributed by atoms with Crippen LogP contribution in [0.2, 0.25) is 0 Å². The van der Waals surface area contributed by atoms with Crippen molar-refractivity contribution < 1.29 is 9.90 Å². The third-order valence-corrected chi connectivity index (χ3v) is 5.71. The zero-order valence-electron chi connectivity index (χ0n) is 16.9. The average Bonchev–Trinajstić information content (AvgIpc) is 3.29. The number of rotatable bonds is 6. The highest BCUT2D eigenvalue weighted by atomic mass is 16.3. The molecule has 1 N–H and O–H groups in total. The monoisotopic (exact) mass is 396 g/mol. The van der Waals surface area contributed by atoms with E-state index in [-0.39, 0.29) is 11.8 Å². The Bertz CT molecular complexity index is 979. The van der Waals surface area contributed by atoms with Gasteiger partial charge in [-0.15, -0.1) is 0 Å². The number of nitrogens with zero attached hydrogens (tertiary/aromatic N) is 6. The lowest BCUT2D eigenvalue weighted by molar-refractivity contribution is -0.134. The van der Waals surface area contributed by atoms with E-state index in [4.69, 9.17) is 10.1 Å². The van der Waals surface area contributed by atoms with Crippen LogP contribution in [0, 0.1) is 0 Å². The Labute approximate surface area is 170 Å². The molecule has 0 spiro atoms. The predicted molar refractivity (Wildman–Crippen MR) is 110 cm³/mol. The predicted octanol–water partition coefficient (Wildman–Crippen LogP) is 2.51. The van der Waals surface area contributed by atoms with Crippen LogP contribution in [0.5, 0.6) is 0 Å². The second kappa shape index (κ2) is 8.73. The van der Waals surface area contributed by atoms with Crippen molar-refractivity contribution in [3.05, 3.63) is 36.4 Å². The van der Waals surface area contributed by atoms with E-state index in [1.165, 1.54) is 0 Å². The fourth-order valence-electron chi connectivity index (χ4n) is 4.15. The number of amides is 1. The number of benzene rings is 1. The SMILES string of the molecule is CCCCn1c(-n2ncnc2C2CCCN(C(=O)CO)CC2)nc2ccccc21. The van der Waals surface area contributed by atoms with Gasteiger partial charge in [-0.3, -0.25) is 4.79 Å². The number of carbonyl (C=O) groups excluding carboxylic acids is 1. The van der Waals surface area contributed by atoms with Crippen molar-refractivity contribution in [2.45, 2.75) is 51.5 Å². The summed E-state index contributed by atoms with van der Waals surface area (Å²) in [6.45, 7) is 3.95. The number of aliphatic hydroxyl groups excluding tert-OH is 1. The standard InChI is InChI=1S/C21H28N6O2/c1-2-3-12-26-18-9-5-4-8-17(18)24-21(26)27-20(22-15-23-27)16-7-6-11-25(13-10-16)19(29)14-28/h4-5,8-9,15-16,28H,2-3,6-7,10-14H2,1H3. The minimum Gasteiger partial charge on any atom is -0.387 e. The van der Waals surface area contributed by atoms with Crippen LogP contribution < -0.4 is 0 Å². The molecular weight excluding hydrogens is 368 g/mol. The molecular formula is C21H28N6O2. The number of likely N-dealkylation sites (tertiary alicyclic amines) is 1. The first-order valence-electron chi connectivity index (χ1n) is 10.5. The Morgan fingerprint density at radius 1 is 1.24 bits per heavy atom. The molecule has 0 radical (unpaired) electrons. The van der Waals surface area contributed by atoms with Crippen LogP contribution >= 0.6 is 0 Å². The second-order valence-corrected chi connectivity index (χ2v) is 7.60. The molecule has 1 aliphatic heterocycles. The van der Waals surface area contributed by atoms with E-state index in [1.54, 1.807) is 11.2 Å². The van der Waals surface area contributed by atoms with E-state index < -0.39 is 6.61 Å². The number of carbonyl (C=O) groups is 1. The van der Waals surface area contributed by atoms with Gasteiger partial charge in [0.15, 0.2) is 0 Å². The van der Waals surface area contributed by atoms with Crippen molar-refractivity contribution >= 4 is 16.9 Å². The van der Waals surface area contributed by atoms with E-state index in [9.17, 15) is 4.79 Å². The number of aryl methyl sites for hydroxylation is 1. The topological polar surface area (TPSA) is 89.1 Å². The van der Waals surface area contributed by atoms with Crippen molar-refractivity contribution in [2.24, 2.45) is 0 Å². The zero-order valence-corrected chi connectivity index (χ0v) is 16.9. The summed E-state index contributed by atoms with van der Waals surface area (Å²) in [4.78, 5) is 23.1. The molecule has 1 aromatic carbocycles. The summed E-state index contributed by atoms with van der Waals surface area (Å²) < 4.78 is 4.11. The molecule has 1 amide bonds. The lowest BCUT2D eigenvalue weighted by atomic mass is 10.00. The second-order valence-electron chi connectivity index (χ2n) is 7.60. The molecule has 2 aromatic heterocycles. The number of unbranched alkanes of at least 4 members (excludes halogenated alkanes) is 1. The third kappa shape index (κ3) is 3.89. The number of hydrogen-bond donors (Lipinski definition) is 1. The Kier molecular flexibility index (Phi) is 5.89. The third-order valence-electron chi connectivity index (χ3n) is 5.71. The molecule has 8 nitrogen and oxygen atoms in total. The van der Waals surface area contributed by atoms with E-state index >= 15 is 0 Å². The molecule has 0 aliphatic carbocycles. The van der Waals surface area contributed by atoms with Gasteiger partial charge in [-0.25, -0.2) is 9.97 Å². The molecule has 1 unspecified atom stereocenters. The Morgan fingerprint density at radius 2 is 2.10 bits per heavy atom. The highest BCUT2D eigenvalue weighted by Gasteiger charge is 2.26. The molecule has 0 bridgehead atoms. The van der Waals surface area contributed by atoms with Crippen LogP contribution in [-0.2, 0) is 11.3 Å². The molecule has 0 saturated carbocycles. The summed E-state index contributed by atoms with van der Waals surface area (Å²) in [6, 6.07) is 8.17. The highest BCUT2D eigenvalue weighted by molar-refractivity contribution is 5.77. The first-order valence-corrected chi connectivity index (χ1v) is 10.5. The molecule has 4 rings (SSSR count). The van der Waals surface area contributed by atoms with Gasteiger partial charge in [-0.2, -0.15) is 9.78 Å². The number of aliphatic hydroxyl groups is 1. The minimum atomic E-state index is -0.428. The molecule has 154 valence electrons. The van der Waals surface area contributed by atoms with Crippen LogP contribution in [0.3, 0.4) is 0 Å². The summed E-state index contributed by atoms with van der Waals surface area (Å²) in [5.74, 6) is 1.71. The van der Waals surface area contributed by atoms with E-state index in [0.29, 0.717) is 13.1 Å². The van der Waals surface area contributed by atoms with Crippen LogP contribution in [0.15, 0.2) is 30.6 Å². The van der Waals surface area contributed by atoms with Crippen molar-refractivity contribution in [3.63, 3.8) is 0 Å². The smallest absolute Gasteiger partial charge is 0.248 e. The van der Waals surface area contributed by atoms with Gasteiger partial charge in [-0.1, -0.05) is 25.5 Å². The van der Waals surface area contributed by atoms with Gasteiger partial charge in [-0.05, 0) is 37.8 Å². The number of hydrogen-bond acceptors (Lipinski definition) is 5. The Balaban J connectivity index is 1.67. The van der Waals surface area contributed by atoms with Crippen molar-refractivity contribution in [2.75, 3.05) is 19.7 Å². The minimum absolute atomic E-state index is 0.200. The molecule has 1 saturated heterocycles. The van der Waals surface area contributed by atoms with Gasteiger partial charge >= 0.3 is 0 Å². The van der Waals surface area contributed by atoms with Gasteiger partial charge in [0, 0.05) is 25.6 Å². The maximum Gasteiger partial charge on any atom is 0.248 e. The normalized spacial score (nSPS) is 17.6. The zero-order chi connectivity index (χ0) is 20.2. The van der Waals surface area contributed by atoms with Crippen LogP contribution in [0.4, 0.5) is 0 Å². The first-order chi connectivity index (χ1) is 14.2. The summed E-state index contributed by atoms with van der Waals surface area (Å²) in [7, 11) is 0. The van der Waals surface area contributed by atoms with E-state index in [1.807, 2.05) is 22.9 Å². The quantitative estimate of drug-likeness (QED) is 0.692. The lowest BCUT2D eigenvalue weighted by Crippen LogP contribution is -2.34. The highest BCUT2D eigenvalue weighted by Crippen LogP contribution is 2.29. The molecule has 3 aromatic rings. The van der Waals surface area contributed by atoms with Crippen LogP contribution in [0.25, 0.3) is 17.0 Å². The van der Waals surface area contributed by atoms with Crippen molar-refractivity contribution in [3.8, 4) is 5.95 Å². The number of imidazole rings is 1. The molecule has 1 fully saturated rings. The van der Waals surface area contributed by atoms with Gasteiger partial charge in [0.05, 0.1) is 11.0 Å². The number of fused-ring (bicyclic) bond motifs is 1.